The third-order valence-corrected chi connectivity index (χ3v) is 7.00. The number of hydrogen-bond donors (Lipinski definition) is 1. The van der Waals surface area contributed by atoms with Gasteiger partial charge in [-0.1, -0.05) is 95.1 Å². The van der Waals surface area contributed by atoms with Crippen molar-refractivity contribution in [2.75, 3.05) is 0 Å². The maximum Gasteiger partial charge on any atom is 0.243 e. The fraction of sp³-hybridized carbons (Fsp3) is 0.310. The third-order valence-electron chi connectivity index (χ3n) is 6.10. The zero-order valence-corrected chi connectivity index (χ0v) is 22.6. The van der Waals surface area contributed by atoms with Crippen molar-refractivity contribution in [1.82, 2.24) is 10.2 Å². The number of carbonyl (C=O) groups is 2. The lowest BCUT2D eigenvalue weighted by molar-refractivity contribution is -0.141. The number of rotatable bonds is 11. The molecule has 0 saturated carbocycles. The summed E-state index contributed by atoms with van der Waals surface area (Å²) in [6, 6.07) is 24.7. The van der Waals surface area contributed by atoms with Gasteiger partial charge in [0.15, 0.2) is 0 Å². The summed E-state index contributed by atoms with van der Waals surface area (Å²) in [6.45, 7) is 4.36. The van der Waals surface area contributed by atoms with Gasteiger partial charge in [0.05, 0.1) is 0 Å². The topological polar surface area (TPSA) is 49.4 Å². The number of carbonyl (C=O) groups excluding carboxylic acids is 2. The number of aryl methyl sites for hydroxylation is 1. The monoisotopic (exact) mass is 554 g/mol. The summed E-state index contributed by atoms with van der Waals surface area (Å²) < 4.78 is 0.966. The predicted molar refractivity (Wildman–Crippen MR) is 146 cm³/mol. The van der Waals surface area contributed by atoms with Crippen molar-refractivity contribution >= 4 is 39.3 Å². The molecule has 3 aromatic carbocycles. The standard InChI is InChI=1S/C29H32BrClN2O2/c1-3-21(2)32-29(35)27(19-22-9-5-4-6-10-22)33(20-23-13-16-25(30)17-14-23)28(34)18-15-24-11-7-8-12-26(24)31/h4-14,16-17,21,27H,3,15,18-20H2,1-2H3,(H,32,35)/t21-,27-/m0/s1. The Balaban J connectivity index is 1.91. The van der Waals surface area contributed by atoms with Crippen molar-refractivity contribution in [3.63, 3.8) is 0 Å². The second-order valence-corrected chi connectivity index (χ2v) is 10.1. The molecule has 0 saturated heterocycles. The molecular weight excluding hydrogens is 524 g/mol. The molecule has 3 rings (SSSR count). The van der Waals surface area contributed by atoms with E-state index in [9.17, 15) is 9.59 Å². The smallest absolute Gasteiger partial charge is 0.243 e. The van der Waals surface area contributed by atoms with Gasteiger partial charge in [0.1, 0.15) is 6.04 Å². The van der Waals surface area contributed by atoms with Gasteiger partial charge in [0.25, 0.3) is 0 Å². The highest BCUT2D eigenvalue weighted by Gasteiger charge is 2.30. The lowest BCUT2D eigenvalue weighted by Gasteiger charge is -2.32. The van der Waals surface area contributed by atoms with E-state index in [1.807, 2.05) is 92.7 Å². The highest BCUT2D eigenvalue weighted by molar-refractivity contribution is 9.10. The van der Waals surface area contributed by atoms with Crippen molar-refractivity contribution in [2.45, 2.75) is 58.2 Å². The van der Waals surface area contributed by atoms with E-state index in [0.717, 1.165) is 27.6 Å². The summed E-state index contributed by atoms with van der Waals surface area (Å²) in [4.78, 5) is 28.9. The second-order valence-electron chi connectivity index (χ2n) is 8.76. The average molecular weight is 556 g/mol. The Bertz CT molecular complexity index is 1110. The summed E-state index contributed by atoms with van der Waals surface area (Å²) in [5.41, 5.74) is 2.90. The number of nitrogens with one attached hydrogen (secondary N) is 1. The Labute approximate surface area is 221 Å². The fourth-order valence-corrected chi connectivity index (χ4v) is 4.36. The average Bonchev–Trinajstić information content (AvgIpc) is 2.87. The molecule has 2 amide bonds. The molecule has 6 heteroatoms. The normalized spacial score (nSPS) is 12.6. The molecule has 0 aliphatic rings. The van der Waals surface area contributed by atoms with Gasteiger partial charge in [-0.3, -0.25) is 9.59 Å². The summed E-state index contributed by atoms with van der Waals surface area (Å²) in [5.74, 6) is -0.209. The summed E-state index contributed by atoms with van der Waals surface area (Å²) in [6.07, 6.45) is 2.04. The third kappa shape index (κ3) is 8.22. The van der Waals surface area contributed by atoms with Crippen LogP contribution in [0.25, 0.3) is 0 Å². The molecule has 0 aromatic heterocycles. The van der Waals surface area contributed by atoms with Crippen LogP contribution in [0.5, 0.6) is 0 Å². The molecule has 0 bridgehead atoms. The van der Waals surface area contributed by atoms with Crippen LogP contribution >= 0.6 is 27.5 Å². The van der Waals surface area contributed by atoms with Crippen LogP contribution in [0.4, 0.5) is 0 Å². The van der Waals surface area contributed by atoms with Crippen LogP contribution in [0.1, 0.15) is 43.4 Å². The SMILES string of the molecule is CC[C@H](C)NC(=O)[C@H](Cc1ccccc1)N(Cc1ccc(Br)cc1)C(=O)CCc1ccccc1Cl. The van der Waals surface area contributed by atoms with Gasteiger partial charge in [-0.2, -0.15) is 0 Å². The number of hydrogen-bond acceptors (Lipinski definition) is 2. The summed E-state index contributed by atoms with van der Waals surface area (Å²) in [7, 11) is 0. The van der Waals surface area contributed by atoms with Gasteiger partial charge in [-0.05, 0) is 54.7 Å². The Morgan fingerprint density at radius 1 is 0.943 bits per heavy atom. The van der Waals surface area contributed by atoms with Gasteiger partial charge in [-0.15, -0.1) is 0 Å². The van der Waals surface area contributed by atoms with E-state index in [2.05, 4.69) is 21.2 Å². The highest BCUT2D eigenvalue weighted by atomic mass is 79.9. The van der Waals surface area contributed by atoms with E-state index in [0.29, 0.717) is 24.4 Å². The van der Waals surface area contributed by atoms with Crippen molar-refractivity contribution < 1.29 is 9.59 Å². The fourth-order valence-electron chi connectivity index (χ4n) is 3.87. The molecule has 0 radical (unpaired) electrons. The minimum Gasteiger partial charge on any atom is -0.352 e. The first kappa shape index (κ1) is 27.0. The molecule has 0 fully saturated rings. The molecule has 0 spiro atoms. The lowest BCUT2D eigenvalue weighted by atomic mass is 10.0. The van der Waals surface area contributed by atoms with E-state index < -0.39 is 6.04 Å². The molecule has 1 N–H and O–H groups in total. The minimum atomic E-state index is -0.631. The van der Waals surface area contributed by atoms with Gasteiger partial charge in [0.2, 0.25) is 11.8 Å². The van der Waals surface area contributed by atoms with Crippen LogP contribution in [0.2, 0.25) is 5.02 Å². The molecule has 0 heterocycles. The summed E-state index contributed by atoms with van der Waals surface area (Å²) >= 11 is 9.80. The molecule has 0 aliphatic carbocycles. The van der Waals surface area contributed by atoms with Gasteiger partial charge in [-0.25, -0.2) is 0 Å². The van der Waals surface area contributed by atoms with Crippen molar-refractivity contribution in [3.8, 4) is 0 Å². The van der Waals surface area contributed by atoms with Crippen molar-refractivity contribution in [3.05, 3.63) is 105 Å². The molecule has 35 heavy (non-hydrogen) atoms. The molecule has 2 atom stereocenters. The van der Waals surface area contributed by atoms with E-state index in [1.54, 1.807) is 4.90 Å². The van der Waals surface area contributed by atoms with Crippen LogP contribution in [-0.2, 0) is 29.0 Å². The molecule has 184 valence electrons. The first-order chi connectivity index (χ1) is 16.9. The number of benzene rings is 3. The Morgan fingerprint density at radius 3 is 2.26 bits per heavy atom. The van der Waals surface area contributed by atoms with E-state index in [4.69, 9.17) is 11.6 Å². The van der Waals surface area contributed by atoms with Crippen LogP contribution in [0.15, 0.2) is 83.3 Å². The molecular formula is C29H32BrClN2O2. The quantitative estimate of drug-likeness (QED) is 0.290. The second kappa shape index (κ2) is 13.5. The van der Waals surface area contributed by atoms with E-state index in [1.165, 1.54) is 0 Å². The van der Waals surface area contributed by atoms with E-state index in [-0.39, 0.29) is 24.3 Å². The predicted octanol–water partition coefficient (Wildman–Crippen LogP) is 6.59. The van der Waals surface area contributed by atoms with Crippen LogP contribution < -0.4 is 5.32 Å². The van der Waals surface area contributed by atoms with Gasteiger partial charge >= 0.3 is 0 Å². The van der Waals surface area contributed by atoms with Gasteiger partial charge in [0, 0.05) is 34.9 Å². The molecule has 0 aliphatic heterocycles. The number of nitrogens with zero attached hydrogens (tertiary/aromatic N) is 1. The molecule has 3 aromatic rings. The maximum atomic E-state index is 13.7. The Kier molecular flexibility index (Phi) is 10.4. The zero-order chi connectivity index (χ0) is 25.2. The lowest BCUT2D eigenvalue weighted by Crippen LogP contribution is -2.52. The van der Waals surface area contributed by atoms with Crippen molar-refractivity contribution in [1.29, 1.82) is 0 Å². The first-order valence-electron chi connectivity index (χ1n) is 12.0. The van der Waals surface area contributed by atoms with Gasteiger partial charge < -0.3 is 10.2 Å². The van der Waals surface area contributed by atoms with Crippen LogP contribution in [0, 0.1) is 0 Å². The minimum absolute atomic E-state index is 0.0218. The number of halogens is 2. The largest absolute Gasteiger partial charge is 0.352 e. The van der Waals surface area contributed by atoms with Crippen LogP contribution in [0.3, 0.4) is 0 Å². The maximum absolute atomic E-state index is 13.7. The Hall–Kier alpha value is -2.63. The van der Waals surface area contributed by atoms with E-state index >= 15 is 0 Å². The summed E-state index contributed by atoms with van der Waals surface area (Å²) in [5, 5.41) is 3.75. The zero-order valence-electron chi connectivity index (χ0n) is 20.2. The van der Waals surface area contributed by atoms with Crippen molar-refractivity contribution in [2.24, 2.45) is 0 Å². The molecule has 4 nitrogen and oxygen atoms in total. The molecule has 0 unspecified atom stereocenters. The highest BCUT2D eigenvalue weighted by Crippen LogP contribution is 2.21. The first-order valence-corrected chi connectivity index (χ1v) is 13.2. The number of amides is 2. The Morgan fingerprint density at radius 2 is 1.60 bits per heavy atom. The van der Waals surface area contributed by atoms with Crippen LogP contribution in [-0.4, -0.2) is 28.8 Å².